The molecule has 0 aromatic heterocycles. The van der Waals surface area contributed by atoms with Gasteiger partial charge in [0.1, 0.15) is 36.9 Å². The van der Waals surface area contributed by atoms with Gasteiger partial charge < -0.3 is 39.8 Å². The van der Waals surface area contributed by atoms with E-state index in [2.05, 4.69) is 10.6 Å². The van der Waals surface area contributed by atoms with Crippen LogP contribution in [0.4, 0.5) is 0 Å². The molecule has 4 N–H and O–H groups in total. The molecular formula is C22H36N2O6. The van der Waals surface area contributed by atoms with Gasteiger partial charge >= 0.3 is 0 Å². The molecule has 3 rings (SSSR count). The molecule has 0 aliphatic carbocycles. The Morgan fingerprint density at radius 1 is 0.800 bits per heavy atom. The first-order valence-electron chi connectivity index (χ1n) is 11.1. The lowest BCUT2D eigenvalue weighted by atomic mass is 10.2. The molecule has 8 heteroatoms. The smallest absolute Gasteiger partial charge is 0.119 e. The third kappa shape index (κ3) is 8.75. The second kappa shape index (κ2) is 13.1. The number of nitrogens with one attached hydrogen (secondary N) is 2. The first kappa shape index (κ1) is 23.2. The molecule has 1 aromatic carbocycles. The summed E-state index contributed by atoms with van der Waals surface area (Å²) in [6.07, 6.45) is 3.75. The van der Waals surface area contributed by atoms with E-state index in [-0.39, 0.29) is 25.4 Å². The molecule has 8 nitrogen and oxygen atoms in total. The van der Waals surface area contributed by atoms with E-state index in [1.165, 1.54) is 0 Å². The molecule has 30 heavy (non-hydrogen) atoms. The largest absolute Gasteiger partial charge is 0.491 e. The van der Waals surface area contributed by atoms with E-state index in [4.69, 9.17) is 18.9 Å². The molecule has 0 bridgehead atoms. The Bertz CT molecular complexity index is 524. The maximum Gasteiger partial charge on any atom is 0.119 e. The van der Waals surface area contributed by atoms with E-state index in [0.29, 0.717) is 24.6 Å². The lowest BCUT2D eigenvalue weighted by Gasteiger charge is -2.16. The average Bonchev–Trinajstić information content (AvgIpc) is 3.46. The van der Waals surface area contributed by atoms with Crippen molar-refractivity contribution in [3.05, 3.63) is 24.3 Å². The molecule has 1 aromatic rings. The molecule has 2 aliphatic rings. The van der Waals surface area contributed by atoms with Crippen molar-refractivity contribution < 1.29 is 29.2 Å². The second-order valence-electron chi connectivity index (χ2n) is 7.99. The number of hydrogen-bond acceptors (Lipinski definition) is 8. The second-order valence-corrected chi connectivity index (χ2v) is 7.99. The minimum atomic E-state index is -0.584. The fourth-order valence-electron chi connectivity index (χ4n) is 3.57. The standard InChI is InChI=1S/C22H36N2O6/c25-17(11-23-13-21-3-1-9-27-21)15-29-19-5-7-20(8-6-19)30-16-18(26)12-24-14-22-4-2-10-28-22/h5-8,17-18,21-26H,1-4,9-16H2/t17-,18+,21+,22-. The quantitative estimate of drug-likeness (QED) is 0.346. The van der Waals surface area contributed by atoms with E-state index >= 15 is 0 Å². The number of aliphatic hydroxyl groups excluding tert-OH is 2. The molecule has 2 heterocycles. The number of aliphatic hydroxyl groups is 2. The summed E-state index contributed by atoms with van der Waals surface area (Å²) < 4.78 is 22.3. The molecule has 4 atom stereocenters. The molecule has 2 fully saturated rings. The minimum absolute atomic E-state index is 0.216. The molecule has 0 saturated carbocycles. The number of hydrogen-bond donors (Lipinski definition) is 4. The van der Waals surface area contributed by atoms with Gasteiger partial charge in [-0.2, -0.15) is 0 Å². The highest BCUT2D eigenvalue weighted by atomic mass is 16.5. The molecule has 0 radical (unpaired) electrons. The van der Waals surface area contributed by atoms with Gasteiger partial charge in [0.05, 0.1) is 12.2 Å². The van der Waals surface area contributed by atoms with Crippen LogP contribution in [0.3, 0.4) is 0 Å². The Morgan fingerprint density at radius 3 is 1.60 bits per heavy atom. The topological polar surface area (TPSA) is 101 Å². The Kier molecular flexibility index (Phi) is 10.1. The molecule has 2 aliphatic heterocycles. The van der Waals surface area contributed by atoms with Crippen molar-refractivity contribution in [2.45, 2.75) is 50.1 Å². The zero-order chi connectivity index (χ0) is 21.0. The van der Waals surface area contributed by atoms with Crippen LogP contribution in [0, 0.1) is 0 Å². The van der Waals surface area contributed by atoms with Gasteiger partial charge in [0.15, 0.2) is 0 Å². The predicted octanol–water partition coefficient (Wildman–Crippen LogP) is 0.703. The highest BCUT2D eigenvalue weighted by Crippen LogP contribution is 2.18. The summed E-state index contributed by atoms with van der Waals surface area (Å²) in [5, 5.41) is 26.5. The third-order valence-electron chi connectivity index (χ3n) is 5.26. The summed E-state index contributed by atoms with van der Waals surface area (Å²) in [6, 6.07) is 7.18. The summed E-state index contributed by atoms with van der Waals surface area (Å²) in [5.41, 5.74) is 0. The summed E-state index contributed by atoms with van der Waals surface area (Å²) in [4.78, 5) is 0. The van der Waals surface area contributed by atoms with Gasteiger partial charge in [-0.05, 0) is 49.9 Å². The zero-order valence-electron chi connectivity index (χ0n) is 17.6. The fourth-order valence-corrected chi connectivity index (χ4v) is 3.57. The Balaban J connectivity index is 1.23. The van der Waals surface area contributed by atoms with Gasteiger partial charge in [0, 0.05) is 39.4 Å². The van der Waals surface area contributed by atoms with Crippen molar-refractivity contribution >= 4 is 0 Å². The minimum Gasteiger partial charge on any atom is -0.491 e. The van der Waals surface area contributed by atoms with Crippen molar-refractivity contribution in [2.24, 2.45) is 0 Å². The Hall–Kier alpha value is -1.42. The maximum absolute atomic E-state index is 10.0. The van der Waals surface area contributed by atoms with E-state index in [1.54, 1.807) is 24.3 Å². The molecule has 0 amide bonds. The van der Waals surface area contributed by atoms with Gasteiger partial charge in [0.2, 0.25) is 0 Å². The number of rotatable bonds is 14. The molecule has 2 saturated heterocycles. The first-order valence-corrected chi connectivity index (χ1v) is 11.1. The SMILES string of the molecule is O[C@H](CNC[C@@H]1CCCO1)COc1ccc(OC[C@@H](O)CNC[C@H]2CCCO2)cc1. The van der Waals surface area contributed by atoms with Crippen molar-refractivity contribution in [3.63, 3.8) is 0 Å². The molecule has 0 spiro atoms. The highest BCUT2D eigenvalue weighted by Gasteiger charge is 2.16. The van der Waals surface area contributed by atoms with Crippen LogP contribution in [0.25, 0.3) is 0 Å². The van der Waals surface area contributed by atoms with Gasteiger partial charge in [-0.15, -0.1) is 0 Å². The number of benzene rings is 1. The van der Waals surface area contributed by atoms with Crippen LogP contribution in [-0.2, 0) is 9.47 Å². The average molecular weight is 425 g/mol. The van der Waals surface area contributed by atoms with E-state index in [9.17, 15) is 10.2 Å². The van der Waals surface area contributed by atoms with Gasteiger partial charge in [0.25, 0.3) is 0 Å². The fraction of sp³-hybridized carbons (Fsp3) is 0.727. The summed E-state index contributed by atoms with van der Waals surface area (Å²) in [7, 11) is 0. The van der Waals surface area contributed by atoms with E-state index < -0.39 is 12.2 Å². The Labute approximate surface area is 178 Å². The van der Waals surface area contributed by atoms with Crippen molar-refractivity contribution in [2.75, 3.05) is 52.6 Å². The van der Waals surface area contributed by atoms with E-state index in [1.807, 2.05) is 0 Å². The Morgan fingerprint density at radius 2 is 1.23 bits per heavy atom. The summed E-state index contributed by atoms with van der Waals surface area (Å²) in [6.45, 7) is 4.58. The van der Waals surface area contributed by atoms with Gasteiger partial charge in [-0.3, -0.25) is 0 Å². The first-order chi connectivity index (χ1) is 14.7. The maximum atomic E-state index is 10.0. The normalized spacial score (nSPS) is 23.4. The zero-order valence-corrected chi connectivity index (χ0v) is 17.6. The summed E-state index contributed by atoms with van der Waals surface area (Å²) in [5.74, 6) is 1.33. The van der Waals surface area contributed by atoms with Gasteiger partial charge in [-0.1, -0.05) is 0 Å². The van der Waals surface area contributed by atoms with Gasteiger partial charge in [-0.25, -0.2) is 0 Å². The van der Waals surface area contributed by atoms with E-state index in [0.717, 1.165) is 52.0 Å². The lowest BCUT2D eigenvalue weighted by molar-refractivity contribution is 0.0870. The lowest BCUT2D eigenvalue weighted by Crippen LogP contribution is -2.35. The third-order valence-corrected chi connectivity index (χ3v) is 5.26. The van der Waals surface area contributed by atoms with Crippen LogP contribution in [0.15, 0.2) is 24.3 Å². The van der Waals surface area contributed by atoms with Crippen LogP contribution in [-0.4, -0.2) is 87.2 Å². The summed E-state index contributed by atoms with van der Waals surface area (Å²) >= 11 is 0. The highest BCUT2D eigenvalue weighted by molar-refractivity contribution is 5.31. The molecular weight excluding hydrogens is 388 g/mol. The van der Waals surface area contributed by atoms with Crippen molar-refractivity contribution in [1.29, 1.82) is 0 Å². The van der Waals surface area contributed by atoms with Crippen LogP contribution in [0.1, 0.15) is 25.7 Å². The van der Waals surface area contributed by atoms with Crippen LogP contribution < -0.4 is 20.1 Å². The molecule has 0 unspecified atom stereocenters. The monoisotopic (exact) mass is 424 g/mol. The van der Waals surface area contributed by atoms with Crippen LogP contribution >= 0.6 is 0 Å². The van der Waals surface area contributed by atoms with Crippen LogP contribution in [0.2, 0.25) is 0 Å². The van der Waals surface area contributed by atoms with Crippen LogP contribution in [0.5, 0.6) is 11.5 Å². The van der Waals surface area contributed by atoms with Crippen molar-refractivity contribution in [3.8, 4) is 11.5 Å². The molecule has 170 valence electrons. The predicted molar refractivity (Wildman–Crippen MR) is 113 cm³/mol. The van der Waals surface area contributed by atoms with Crippen molar-refractivity contribution in [1.82, 2.24) is 10.6 Å². The number of ether oxygens (including phenoxy) is 4.